The fourth-order valence-electron chi connectivity index (χ4n) is 7.70. The Morgan fingerprint density at radius 3 is 2.20 bits per heavy atom. The van der Waals surface area contributed by atoms with Gasteiger partial charge in [-0.25, -0.2) is 0 Å². The topological polar surface area (TPSA) is 381 Å². The van der Waals surface area contributed by atoms with Gasteiger partial charge >= 0.3 is 0 Å². The lowest BCUT2D eigenvalue weighted by atomic mass is 9.93. The lowest BCUT2D eigenvalue weighted by molar-refractivity contribution is -0.144. The molecule has 1 aromatic heterocycles. The summed E-state index contributed by atoms with van der Waals surface area (Å²) >= 11 is 0. The Labute approximate surface area is 368 Å². The minimum absolute atomic E-state index is 0.0800. The highest BCUT2D eigenvalue weighted by atomic mass is 32.2. The largest absolute Gasteiger partial charge is 0.508 e. The molecule has 11 atom stereocenters. The van der Waals surface area contributed by atoms with E-state index in [1.165, 1.54) is 25.1 Å². The van der Waals surface area contributed by atoms with E-state index in [9.17, 15) is 67.8 Å². The van der Waals surface area contributed by atoms with E-state index in [2.05, 4.69) is 42.2 Å². The minimum atomic E-state index is -2.38. The van der Waals surface area contributed by atoms with E-state index in [4.69, 9.17) is 5.73 Å². The molecule has 0 aliphatic carbocycles. The SMILES string of the molecule is CC[C@H](C)[C@@H]1NC(=O)CNC(=O)[C@@H]2Cc3c([nH]c4cc(O)ccc34)S(=O)CC(NC(=O)CNC1=O)C(=O)N[C@@H](CC(N)=O)C(=O)N1C[C@H](O)C[C@H]1C(=O)N[C@@H]([C@@H](C)[C@@H](O)CO)C(=O)N2. The van der Waals surface area contributed by atoms with Crippen molar-refractivity contribution >= 4 is 74.9 Å². The number of hydrogen-bond donors (Lipinski definition) is 13. The van der Waals surface area contributed by atoms with Crippen LogP contribution in [0.25, 0.3) is 10.9 Å². The van der Waals surface area contributed by atoms with Gasteiger partial charge in [-0.05, 0) is 23.6 Å². The molecule has 2 bridgehead atoms. The van der Waals surface area contributed by atoms with Crippen LogP contribution in [0.5, 0.6) is 5.75 Å². The number of phenols is 1. The second kappa shape index (κ2) is 21.0. The number of benzene rings is 1. The van der Waals surface area contributed by atoms with E-state index >= 15 is 0 Å². The van der Waals surface area contributed by atoms with Gasteiger partial charge in [0.15, 0.2) is 0 Å². The zero-order chi connectivity index (χ0) is 47.2. The van der Waals surface area contributed by atoms with Crippen molar-refractivity contribution < 1.29 is 67.8 Å². The molecular formula is C39H54N10O14S. The number of nitrogens with zero attached hydrogens (tertiary/aromatic N) is 1. The smallest absolute Gasteiger partial charge is 0.246 e. The Bertz CT molecular complexity index is 2200. The highest BCUT2D eigenvalue weighted by molar-refractivity contribution is 7.85. The van der Waals surface area contributed by atoms with E-state index in [-0.39, 0.29) is 27.2 Å². The zero-order valence-corrected chi connectivity index (χ0v) is 36.0. The number of nitrogens with two attached hydrogens (primary N) is 1. The molecule has 1 fully saturated rings. The van der Waals surface area contributed by atoms with Gasteiger partial charge in [-0.3, -0.25) is 47.4 Å². The summed E-state index contributed by atoms with van der Waals surface area (Å²) in [7, 11) is -2.38. The molecule has 4 heterocycles. The van der Waals surface area contributed by atoms with Crippen LogP contribution in [-0.2, 0) is 60.4 Å². The van der Waals surface area contributed by atoms with Crippen molar-refractivity contribution in [1.29, 1.82) is 0 Å². The van der Waals surface area contributed by atoms with E-state index in [0.29, 0.717) is 6.42 Å². The second-order valence-electron chi connectivity index (χ2n) is 16.1. The van der Waals surface area contributed by atoms with Gasteiger partial charge in [-0.15, -0.1) is 0 Å². The van der Waals surface area contributed by atoms with Crippen molar-refractivity contribution in [3.8, 4) is 5.75 Å². The van der Waals surface area contributed by atoms with Gasteiger partial charge in [0.1, 0.15) is 47.0 Å². The van der Waals surface area contributed by atoms with Crippen LogP contribution >= 0.6 is 0 Å². The van der Waals surface area contributed by atoms with Gasteiger partial charge in [0.25, 0.3) is 0 Å². The molecule has 14 N–H and O–H groups in total. The number of aromatic nitrogens is 1. The van der Waals surface area contributed by atoms with Crippen LogP contribution in [0, 0.1) is 11.8 Å². The molecule has 64 heavy (non-hydrogen) atoms. The van der Waals surface area contributed by atoms with Gasteiger partial charge < -0.3 is 73.3 Å². The maximum atomic E-state index is 14.6. The third-order valence-electron chi connectivity index (χ3n) is 11.5. The highest BCUT2D eigenvalue weighted by Crippen LogP contribution is 2.30. The summed E-state index contributed by atoms with van der Waals surface area (Å²) in [5.41, 5.74) is 5.73. The van der Waals surface area contributed by atoms with Crippen LogP contribution in [0.1, 0.15) is 45.6 Å². The normalized spacial score (nSPS) is 28.5. The van der Waals surface area contributed by atoms with Crippen molar-refractivity contribution in [2.24, 2.45) is 17.6 Å². The molecule has 350 valence electrons. The van der Waals surface area contributed by atoms with Gasteiger partial charge in [0.2, 0.25) is 53.2 Å². The van der Waals surface area contributed by atoms with E-state index in [1.807, 2.05) is 0 Å². The number of fused-ring (bicyclic) bond motifs is 5. The number of phenolic OH excluding ortho intramolecular Hbond substituents is 1. The summed E-state index contributed by atoms with van der Waals surface area (Å²) in [5.74, 6) is -12.1. The van der Waals surface area contributed by atoms with Crippen LogP contribution in [0.2, 0.25) is 0 Å². The predicted molar refractivity (Wildman–Crippen MR) is 222 cm³/mol. The Hall–Kier alpha value is -6.18. The molecule has 3 aliphatic heterocycles. The molecule has 0 radical (unpaired) electrons. The fourth-order valence-corrected chi connectivity index (χ4v) is 9.10. The molecule has 0 saturated carbocycles. The summed E-state index contributed by atoms with van der Waals surface area (Å²) in [6, 6.07) is -5.99. The average Bonchev–Trinajstić information content (AvgIpc) is 3.82. The number of hydrogen-bond acceptors (Lipinski definition) is 14. The van der Waals surface area contributed by atoms with Crippen molar-refractivity contribution in [1.82, 2.24) is 47.1 Å². The fraction of sp³-hybridized carbons (Fsp3) is 0.564. The maximum Gasteiger partial charge on any atom is 0.246 e. The van der Waals surface area contributed by atoms with E-state index in [1.54, 1.807) is 13.8 Å². The molecule has 1 aromatic carbocycles. The lowest BCUT2D eigenvalue weighted by Gasteiger charge is -2.32. The molecule has 0 spiro atoms. The van der Waals surface area contributed by atoms with Crippen molar-refractivity contribution in [3.63, 3.8) is 0 Å². The average molecular weight is 919 g/mol. The number of aromatic amines is 1. The first-order chi connectivity index (χ1) is 30.2. The number of rotatable bonds is 7. The summed E-state index contributed by atoms with van der Waals surface area (Å²) < 4.78 is 14.6. The Balaban J connectivity index is 1.73. The van der Waals surface area contributed by atoms with Crippen LogP contribution in [0.3, 0.4) is 0 Å². The first-order valence-electron chi connectivity index (χ1n) is 20.6. The summed E-state index contributed by atoms with van der Waals surface area (Å²) in [6.07, 6.45) is -4.42. The van der Waals surface area contributed by atoms with Gasteiger partial charge in [0, 0.05) is 36.8 Å². The zero-order valence-electron chi connectivity index (χ0n) is 35.2. The van der Waals surface area contributed by atoms with Gasteiger partial charge in [-0.2, -0.15) is 0 Å². The molecule has 5 rings (SSSR count). The van der Waals surface area contributed by atoms with Gasteiger partial charge in [0.05, 0.1) is 60.4 Å². The second-order valence-corrected chi connectivity index (χ2v) is 17.6. The molecule has 3 aliphatic rings. The predicted octanol–water partition coefficient (Wildman–Crippen LogP) is -5.92. The van der Waals surface area contributed by atoms with Crippen molar-refractivity contribution in [2.75, 3.05) is 32.0 Å². The standard InChI is InChI=1S/C39H54N10O14S/c1-4-16(2)31-36(60)42-11-29(55)43-25-15-64(63)38-21(20-6-5-18(51)7-22(20)46-38)9-23(33(57)41-12-30(56)47-31)44-37(61)32(17(3)27(53)14-50)48-35(59)26-8-19(52)13-49(26)39(62)24(10-28(40)54)45-34(25)58/h5-7,16-17,19,23-27,31-32,46,50-53H,4,8-15H2,1-3H3,(H2,40,54)(H,41,57)(H,42,60)(H,43,55)(H,44,61)(H,45,58)(H,47,56)(H,48,59)/t16-,17-,19+,23-,24-,25?,26-,27-,31-,32-,64?/m0/s1. The van der Waals surface area contributed by atoms with Gasteiger partial charge in [-0.1, -0.05) is 27.2 Å². The van der Waals surface area contributed by atoms with Crippen LogP contribution < -0.4 is 43.0 Å². The Morgan fingerprint density at radius 2 is 1.55 bits per heavy atom. The number of primary amides is 1. The van der Waals surface area contributed by atoms with Crippen molar-refractivity contribution in [3.05, 3.63) is 23.8 Å². The Morgan fingerprint density at radius 1 is 0.875 bits per heavy atom. The third kappa shape index (κ3) is 11.5. The number of nitrogens with one attached hydrogen (secondary N) is 8. The lowest BCUT2D eigenvalue weighted by Crippen LogP contribution is -2.62. The number of aliphatic hydroxyl groups excluding tert-OH is 3. The summed E-state index contributed by atoms with van der Waals surface area (Å²) in [4.78, 5) is 127. The quantitative estimate of drug-likeness (QED) is 0.123. The maximum absolute atomic E-state index is 14.6. The first kappa shape index (κ1) is 48.8. The third-order valence-corrected chi connectivity index (χ3v) is 13.0. The molecule has 2 unspecified atom stereocenters. The minimum Gasteiger partial charge on any atom is -0.508 e. The molecule has 9 amide bonds. The van der Waals surface area contributed by atoms with Crippen LogP contribution in [0.4, 0.5) is 0 Å². The number of aromatic hydroxyl groups is 1. The van der Waals surface area contributed by atoms with E-state index in [0.717, 1.165) is 4.90 Å². The summed E-state index contributed by atoms with van der Waals surface area (Å²) in [5, 5.41) is 58.8. The number of carbonyl (C=O) groups excluding carboxylic acids is 9. The molecule has 1 saturated heterocycles. The number of amides is 9. The molecular weight excluding hydrogens is 865 g/mol. The van der Waals surface area contributed by atoms with Crippen LogP contribution in [-0.4, -0.2) is 168 Å². The monoisotopic (exact) mass is 918 g/mol. The number of carbonyl (C=O) groups is 9. The molecule has 2 aromatic rings. The number of aliphatic hydroxyl groups is 3. The summed E-state index contributed by atoms with van der Waals surface area (Å²) in [6.45, 7) is 1.76. The highest BCUT2D eigenvalue weighted by Gasteiger charge is 2.45. The Kier molecular flexibility index (Phi) is 16.0. The number of H-pyrrole nitrogens is 1. The first-order valence-corrected chi connectivity index (χ1v) is 21.9. The van der Waals surface area contributed by atoms with E-state index < -0.39 is 176 Å². The van der Waals surface area contributed by atoms with Crippen LogP contribution in [0.15, 0.2) is 23.2 Å². The van der Waals surface area contributed by atoms with Crippen molar-refractivity contribution in [2.45, 2.75) is 99.9 Å². The molecule has 24 nitrogen and oxygen atoms in total. The molecule has 25 heteroatoms.